The summed E-state index contributed by atoms with van der Waals surface area (Å²) >= 11 is 0. The average Bonchev–Trinajstić information content (AvgIpc) is 3.36. The number of cyclic esters (lactones) is 1. The van der Waals surface area contributed by atoms with Crippen LogP contribution in [0.5, 0.6) is 0 Å². The van der Waals surface area contributed by atoms with Gasteiger partial charge in [-0.05, 0) is 24.3 Å². The zero-order valence-corrected chi connectivity index (χ0v) is 16.7. The molecule has 0 unspecified atom stereocenters. The molecule has 3 heterocycles. The van der Waals surface area contributed by atoms with Crippen molar-refractivity contribution >= 4 is 33.2 Å². The fraction of sp³-hybridized carbons (Fsp3) is 0.368. The van der Waals surface area contributed by atoms with Crippen molar-refractivity contribution in [3.63, 3.8) is 0 Å². The van der Waals surface area contributed by atoms with Crippen molar-refractivity contribution in [3.8, 4) is 0 Å². The molecule has 9 nitrogen and oxygen atoms in total. The van der Waals surface area contributed by atoms with E-state index in [1.54, 1.807) is 11.0 Å². The maximum absolute atomic E-state index is 14.7. The average molecular weight is 437 g/mol. The smallest absolute Gasteiger partial charge is 0.414 e. The van der Waals surface area contributed by atoms with Gasteiger partial charge in [-0.1, -0.05) is 0 Å². The van der Waals surface area contributed by atoms with Gasteiger partial charge in [0, 0.05) is 13.1 Å². The molecule has 2 aliphatic rings. The number of halogens is 1. The van der Waals surface area contributed by atoms with Crippen LogP contribution in [0.2, 0.25) is 0 Å². The summed E-state index contributed by atoms with van der Waals surface area (Å²) in [7, 11) is -3.07. The van der Waals surface area contributed by atoms with Gasteiger partial charge in [-0.25, -0.2) is 17.6 Å². The molecule has 0 spiro atoms. The second kappa shape index (κ2) is 7.98. The molecule has 30 heavy (non-hydrogen) atoms. The molecular formula is C19H20FN3O6S. The van der Waals surface area contributed by atoms with E-state index in [-0.39, 0.29) is 43.6 Å². The third-order valence-corrected chi connectivity index (χ3v) is 6.68. The second-order valence-corrected chi connectivity index (χ2v) is 9.42. The number of hydrogen-bond donors (Lipinski definition) is 1. The molecule has 11 heteroatoms. The summed E-state index contributed by atoms with van der Waals surface area (Å²) in [5.74, 6) is -0.925. The lowest BCUT2D eigenvalue weighted by atomic mass is 10.2. The molecule has 4 rings (SSSR count). The van der Waals surface area contributed by atoms with Crippen molar-refractivity contribution in [2.45, 2.75) is 6.10 Å². The quantitative estimate of drug-likeness (QED) is 0.753. The first kappa shape index (κ1) is 20.2. The first-order valence-electron chi connectivity index (χ1n) is 9.36. The third kappa shape index (κ3) is 4.25. The molecule has 0 radical (unpaired) electrons. The molecule has 2 amide bonds. The van der Waals surface area contributed by atoms with Crippen LogP contribution in [0.15, 0.2) is 41.2 Å². The second-order valence-electron chi connectivity index (χ2n) is 7.11. The molecule has 1 atom stereocenters. The number of anilines is 2. The van der Waals surface area contributed by atoms with E-state index >= 15 is 0 Å². The molecule has 1 N–H and O–H groups in total. The van der Waals surface area contributed by atoms with E-state index in [2.05, 4.69) is 5.32 Å². The highest BCUT2D eigenvalue weighted by atomic mass is 32.2. The number of nitrogens with zero attached hydrogens (tertiary/aromatic N) is 2. The Hall–Kier alpha value is -3.08. The summed E-state index contributed by atoms with van der Waals surface area (Å²) < 4.78 is 47.9. The molecule has 0 aliphatic carbocycles. The van der Waals surface area contributed by atoms with Crippen LogP contribution in [0.1, 0.15) is 10.4 Å². The lowest BCUT2D eigenvalue weighted by Crippen LogP contribution is -2.40. The van der Waals surface area contributed by atoms with E-state index in [0.717, 1.165) is 0 Å². The Bertz CT molecular complexity index is 1040. The van der Waals surface area contributed by atoms with Crippen LogP contribution in [0.25, 0.3) is 0 Å². The Labute approximate surface area is 172 Å². The molecule has 2 fully saturated rings. The molecule has 160 valence electrons. The normalized spacial score (nSPS) is 20.8. The number of sulfone groups is 1. The fourth-order valence-corrected chi connectivity index (χ4v) is 4.62. The summed E-state index contributed by atoms with van der Waals surface area (Å²) in [5.41, 5.74) is 0.985. The monoisotopic (exact) mass is 437 g/mol. The van der Waals surface area contributed by atoms with E-state index in [0.29, 0.717) is 16.9 Å². The maximum Gasteiger partial charge on any atom is 0.414 e. The molecule has 1 aromatic heterocycles. The van der Waals surface area contributed by atoms with Crippen molar-refractivity contribution in [2.24, 2.45) is 0 Å². The van der Waals surface area contributed by atoms with Crippen LogP contribution in [0, 0.1) is 5.82 Å². The third-order valence-electron chi connectivity index (χ3n) is 5.08. The number of ether oxygens (including phenoxy) is 1. The Balaban J connectivity index is 1.38. The largest absolute Gasteiger partial charge is 0.472 e. The van der Waals surface area contributed by atoms with Crippen LogP contribution in [-0.2, 0) is 14.6 Å². The zero-order valence-electron chi connectivity index (χ0n) is 15.9. The molecular weight excluding hydrogens is 417 g/mol. The van der Waals surface area contributed by atoms with E-state index in [1.807, 2.05) is 0 Å². The van der Waals surface area contributed by atoms with E-state index < -0.39 is 27.9 Å². The summed E-state index contributed by atoms with van der Waals surface area (Å²) in [6.07, 6.45) is 1.48. The van der Waals surface area contributed by atoms with Crippen molar-refractivity contribution < 1.29 is 31.6 Å². The van der Waals surface area contributed by atoms with Gasteiger partial charge in [-0.3, -0.25) is 9.69 Å². The summed E-state index contributed by atoms with van der Waals surface area (Å²) in [4.78, 5) is 27.1. The van der Waals surface area contributed by atoms with Crippen LogP contribution in [0.4, 0.5) is 20.6 Å². The number of amides is 2. The van der Waals surface area contributed by atoms with Crippen molar-refractivity contribution in [1.82, 2.24) is 5.32 Å². The summed E-state index contributed by atoms with van der Waals surface area (Å²) in [5, 5.41) is 2.66. The molecule has 0 saturated carbocycles. The highest BCUT2D eigenvalue weighted by molar-refractivity contribution is 7.91. The predicted molar refractivity (Wildman–Crippen MR) is 106 cm³/mol. The SMILES string of the molecule is O=C(NC[C@H]1CN(c2ccc(N3CCS(=O)(=O)CC3)c(F)c2)C(=O)O1)c1ccoc1. The van der Waals surface area contributed by atoms with Gasteiger partial charge in [0.05, 0.1) is 47.8 Å². The van der Waals surface area contributed by atoms with Gasteiger partial charge in [-0.2, -0.15) is 0 Å². The van der Waals surface area contributed by atoms with Gasteiger partial charge in [0.2, 0.25) is 0 Å². The van der Waals surface area contributed by atoms with Crippen molar-refractivity contribution in [2.75, 3.05) is 47.5 Å². The van der Waals surface area contributed by atoms with Crippen LogP contribution in [0.3, 0.4) is 0 Å². The Morgan fingerprint density at radius 3 is 2.67 bits per heavy atom. The fourth-order valence-electron chi connectivity index (χ4n) is 3.41. The van der Waals surface area contributed by atoms with Crippen molar-refractivity contribution in [3.05, 3.63) is 48.2 Å². The number of carbonyl (C=O) groups is 2. The van der Waals surface area contributed by atoms with E-state index in [1.165, 1.54) is 35.6 Å². The van der Waals surface area contributed by atoms with Crippen LogP contribution in [-0.4, -0.2) is 64.2 Å². The number of nitrogens with one attached hydrogen (secondary N) is 1. The van der Waals surface area contributed by atoms with Gasteiger partial charge in [0.15, 0.2) is 9.84 Å². The van der Waals surface area contributed by atoms with Gasteiger partial charge in [-0.15, -0.1) is 0 Å². The molecule has 2 saturated heterocycles. The first-order valence-corrected chi connectivity index (χ1v) is 11.2. The Morgan fingerprint density at radius 1 is 1.23 bits per heavy atom. The Morgan fingerprint density at radius 2 is 2.00 bits per heavy atom. The number of rotatable bonds is 5. The lowest BCUT2D eigenvalue weighted by molar-refractivity contribution is 0.0915. The number of carbonyl (C=O) groups excluding carboxylic acids is 2. The van der Waals surface area contributed by atoms with Gasteiger partial charge in [0.25, 0.3) is 5.91 Å². The predicted octanol–water partition coefficient (Wildman–Crippen LogP) is 1.41. The van der Waals surface area contributed by atoms with Gasteiger partial charge in [0.1, 0.15) is 18.2 Å². The topological polar surface area (TPSA) is 109 Å². The standard InChI is InChI=1S/C19H20FN3O6S/c20-16-9-14(1-2-17(16)22-4-7-30(26,27)8-5-22)23-11-15(29-19(23)25)10-21-18(24)13-3-6-28-12-13/h1-3,6,9,12,15H,4-5,7-8,10-11H2,(H,21,24)/t15-/m0/s1. The van der Waals surface area contributed by atoms with E-state index in [9.17, 15) is 22.4 Å². The summed E-state index contributed by atoms with van der Waals surface area (Å²) in [6, 6.07) is 5.87. The minimum absolute atomic E-state index is 0.0150. The zero-order chi connectivity index (χ0) is 21.3. The molecule has 2 aliphatic heterocycles. The highest BCUT2D eigenvalue weighted by Gasteiger charge is 2.33. The van der Waals surface area contributed by atoms with Crippen LogP contribution >= 0.6 is 0 Å². The van der Waals surface area contributed by atoms with Gasteiger partial charge >= 0.3 is 6.09 Å². The van der Waals surface area contributed by atoms with Gasteiger partial charge < -0.3 is 19.4 Å². The number of benzene rings is 1. The van der Waals surface area contributed by atoms with E-state index in [4.69, 9.17) is 9.15 Å². The minimum atomic E-state index is -3.07. The molecule has 0 bridgehead atoms. The molecule has 1 aromatic carbocycles. The highest BCUT2D eigenvalue weighted by Crippen LogP contribution is 2.28. The molecule has 2 aromatic rings. The Kier molecular flexibility index (Phi) is 5.37. The first-order chi connectivity index (χ1) is 14.3. The minimum Gasteiger partial charge on any atom is -0.472 e. The van der Waals surface area contributed by atoms with Crippen molar-refractivity contribution in [1.29, 1.82) is 0 Å². The number of furan rings is 1. The van der Waals surface area contributed by atoms with Crippen LogP contribution < -0.4 is 15.1 Å². The summed E-state index contributed by atoms with van der Waals surface area (Å²) in [6.45, 7) is 0.714. The lowest BCUT2D eigenvalue weighted by Gasteiger charge is -2.29. The maximum atomic E-state index is 14.7. The number of hydrogen-bond acceptors (Lipinski definition) is 7.